The number of carboxylic acid groups (broad SMARTS) is 1. The Hall–Kier alpha value is -5.03. The number of carbonyl (C=O) groups is 1. The molecule has 5 aromatic rings. The van der Waals surface area contributed by atoms with E-state index in [2.05, 4.69) is 23.8 Å². The highest BCUT2D eigenvalue weighted by atomic mass is 19.1. The number of halogens is 1. The van der Waals surface area contributed by atoms with E-state index in [0.717, 1.165) is 33.9 Å². The first-order chi connectivity index (χ1) is 20.5. The summed E-state index contributed by atoms with van der Waals surface area (Å²) < 4.78 is 27.9. The van der Waals surface area contributed by atoms with Crippen LogP contribution in [0, 0.1) is 12.7 Å². The van der Waals surface area contributed by atoms with Crippen LogP contribution in [0.25, 0.3) is 16.8 Å². The standard InChI is InChI=1S/C28H26FN5O2.C4H9NO2/c1-17(2)28-33-25(26-27(30)31-10-11-34(26)28)20-6-8-22(9-7-20)36-24-13-21(29)12-23(14-24)35-16-19-5-4-18(3)32-15-19;1-5(2)3-4(6)7/h4-15,17H,16H2,1-3H3,(H2,30,31);3H2,1-2H3,(H,6,7). The van der Waals surface area contributed by atoms with E-state index in [1.807, 2.05) is 53.9 Å². The van der Waals surface area contributed by atoms with E-state index in [9.17, 15) is 9.18 Å². The van der Waals surface area contributed by atoms with Crippen LogP contribution in [0.4, 0.5) is 10.2 Å². The Kier molecular flexibility index (Phi) is 9.89. The quantitative estimate of drug-likeness (QED) is 0.215. The lowest BCUT2D eigenvalue weighted by atomic mass is 10.1. The number of carboxylic acids is 1. The van der Waals surface area contributed by atoms with E-state index < -0.39 is 11.8 Å². The number of nitrogen functional groups attached to an aromatic ring is 1. The molecule has 0 spiro atoms. The summed E-state index contributed by atoms with van der Waals surface area (Å²) in [6, 6.07) is 15.6. The number of aromatic nitrogens is 4. The van der Waals surface area contributed by atoms with E-state index in [-0.39, 0.29) is 19.1 Å². The van der Waals surface area contributed by atoms with Gasteiger partial charge in [0.25, 0.3) is 0 Å². The molecular weight excluding hydrogens is 551 g/mol. The number of likely N-dealkylation sites (N-methyl/N-ethyl adjacent to an activating group) is 1. The zero-order chi connectivity index (χ0) is 31.1. The Labute approximate surface area is 249 Å². The Morgan fingerprint density at radius 3 is 2.37 bits per heavy atom. The average molecular weight is 587 g/mol. The van der Waals surface area contributed by atoms with Gasteiger partial charge in [0.15, 0.2) is 0 Å². The van der Waals surface area contributed by atoms with Gasteiger partial charge >= 0.3 is 5.97 Å². The molecule has 224 valence electrons. The number of anilines is 1. The minimum Gasteiger partial charge on any atom is -0.489 e. The van der Waals surface area contributed by atoms with Crippen molar-refractivity contribution in [2.75, 3.05) is 26.4 Å². The lowest BCUT2D eigenvalue weighted by molar-refractivity contribution is -0.137. The van der Waals surface area contributed by atoms with Crippen molar-refractivity contribution in [2.24, 2.45) is 0 Å². The molecule has 0 atom stereocenters. The van der Waals surface area contributed by atoms with Crippen molar-refractivity contribution in [1.82, 2.24) is 24.3 Å². The maximum Gasteiger partial charge on any atom is 0.317 e. The van der Waals surface area contributed by atoms with Gasteiger partial charge in [-0.25, -0.2) is 14.4 Å². The molecule has 0 aliphatic heterocycles. The van der Waals surface area contributed by atoms with Gasteiger partial charge in [0.1, 0.15) is 52.5 Å². The van der Waals surface area contributed by atoms with Gasteiger partial charge in [-0.2, -0.15) is 0 Å². The van der Waals surface area contributed by atoms with Crippen molar-refractivity contribution in [3.8, 4) is 28.5 Å². The summed E-state index contributed by atoms with van der Waals surface area (Å²) in [4.78, 5) is 24.7. The molecule has 3 aromatic heterocycles. The SMILES string of the molecule is CN(C)CC(=O)O.Cc1ccc(COc2cc(F)cc(Oc3ccc(-c4nc(C(C)C)n5ccnc(N)c45)cc3)c2)cn1. The number of fused-ring (bicyclic) bond motifs is 1. The molecule has 0 saturated carbocycles. The van der Waals surface area contributed by atoms with Crippen LogP contribution in [0.3, 0.4) is 0 Å². The normalized spacial score (nSPS) is 11.0. The van der Waals surface area contributed by atoms with Crippen LogP contribution in [0.15, 0.2) is 73.2 Å². The summed E-state index contributed by atoms with van der Waals surface area (Å²) in [5, 5.41) is 8.04. The molecule has 3 heterocycles. The molecular formula is C32H35FN6O4. The predicted octanol–water partition coefficient (Wildman–Crippen LogP) is 5.95. The molecule has 0 unspecified atom stereocenters. The summed E-state index contributed by atoms with van der Waals surface area (Å²) in [5.74, 6) is 1.56. The number of nitrogens with two attached hydrogens (primary N) is 1. The molecule has 0 amide bonds. The molecule has 0 saturated heterocycles. The molecule has 0 radical (unpaired) electrons. The first-order valence-electron chi connectivity index (χ1n) is 13.6. The van der Waals surface area contributed by atoms with Crippen molar-refractivity contribution in [3.05, 3.63) is 96.1 Å². The van der Waals surface area contributed by atoms with Gasteiger partial charge in [-0.1, -0.05) is 19.9 Å². The largest absolute Gasteiger partial charge is 0.489 e. The van der Waals surface area contributed by atoms with Crippen LogP contribution < -0.4 is 15.2 Å². The zero-order valence-electron chi connectivity index (χ0n) is 24.8. The Bertz CT molecular complexity index is 1690. The molecule has 0 fully saturated rings. The van der Waals surface area contributed by atoms with Crippen molar-refractivity contribution < 1.29 is 23.8 Å². The van der Waals surface area contributed by atoms with Gasteiger partial charge in [0.05, 0.1) is 6.54 Å². The topological polar surface area (TPSA) is 128 Å². The van der Waals surface area contributed by atoms with Gasteiger partial charge in [-0.05, 0) is 51.4 Å². The lowest BCUT2D eigenvalue weighted by Gasteiger charge is -2.10. The number of rotatable bonds is 9. The van der Waals surface area contributed by atoms with Gasteiger partial charge < -0.3 is 20.3 Å². The first-order valence-corrected chi connectivity index (χ1v) is 13.6. The van der Waals surface area contributed by atoms with Crippen molar-refractivity contribution in [2.45, 2.75) is 33.3 Å². The third-order valence-corrected chi connectivity index (χ3v) is 6.16. The van der Waals surface area contributed by atoms with Crippen LogP contribution in [-0.2, 0) is 11.4 Å². The van der Waals surface area contributed by atoms with Gasteiger partial charge in [-0.15, -0.1) is 0 Å². The van der Waals surface area contributed by atoms with Crippen molar-refractivity contribution >= 4 is 17.3 Å². The van der Waals surface area contributed by atoms with Gasteiger partial charge in [-0.3, -0.25) is 19.1 Å². The molecule has 0 bridgehead atoms. The summed E-state index contributed by atoms with van der Waals surface area (Å²) in [6.45, 7) is 6.47. The second-order valence-corrected chi connectivity index (χ2v) is 10.5. The third kappa shape index (κ3) is 8.26. The number of aliphatic carboxylic acids is 1. The van der Waals surface area contributed by atoms with E-state index >= 15 is 0 Å². The lowest BCUT2D eigenvalue weighted by Crippen LogP contribution is -2.20. The second kappa shape index (κ2) is 13.8. The monoisotopic (exact) mass is 586 g/mol. The van der Waals surface area contributed by atoms with Crippen LogP contribution in [-0.4, -0.2) is 56.0 Å². The summed E-state index contributed by atoms with van der Waals surface area (Å²) in [7, 11) is 3.43. The summed E-state index contributed by atoms with van der Waals surface area (Å²) in [5.41, 5.74) is 10.4. The molecule has 11 heteroatoms. The number of aryl methyl sites for hydroxylation is 1. The van der Waals surface area contributed by atoms with Crippen molar-refractivity contribution in [1.29, 1.82) is 0 Å². The molecule has 3 N–H and O–H groups in total. The highest BCUT2D eigenvalue weighted by Crippen LogP contribution is 2.33. The fourth-order valence-electron chi connectivity index (χ4n) is 4.21. The minimum absolute atomic E-state index is 0.111. The predicted molar refractivity (Wildman–Crippen MR) is 163 cm³/mol. The maximum atomic E-state index is 14.2. The Morgan fingerprint density at radius 1 is 1.05 bits per heavy atom. The number of ether oxygens (including phenoxy) is 2. The average Bonchev–Trinajstić information content (AvgIpc) is 3.34. The van der Waals surface area contributed by atoms with Gasteiger partial charge in [0.2, 0.25) is 0 Å². The van der Waals surface area contributed by atoms with E-state index in [4.69, 9.17) is 25.3 Å². The summed E-state index contributed by atoms with van der Waals surface area (Å²) in [6.07, 6.45) is 5.28. The number of hydrogen-bond donors (Lipinski definition) is 2. The fourth-order valence-corrected chi connectivity index (χ4v) is 4.21. The van der Waals surface area contributed by atoms with Crippen LogP contribution in [0.1, 0.15) is 36.8 Å². The fraction of sp³-hybridized carbons (Fsp3) is 0.250. The molecule has 0 aliphatic carbocycles. The summed E-state index contributed by atoms with van der Waals surface area (Å²) >= 11 is 0. The smallest absolute Gasteiger partial charge is 0.317 e. The highest BCUT2D eigenvalue weighted by Gasteiger charge is 2.18. The van der Waals surface area contributed by atoms with Gasteiger partial charge in [0, 0.05) is 59.5 Å². The second-order valence-electron chi connectivity index (χ2n) is 10.5. The molecule has 0 aliphatic rings. The number of nitrogens with zero attached hydrogens (tertiary/aromatic N) is 5. The Morgan fingerprint density at radius 2 is 1.77 bits per heavy atom. The van der Waals surface area contributed by atoms with E-state index in [1.165, 1.54) is 12.1 Å². The van der Waals surface area contributed by atoms with E-state index in [0.29, 0.717) is 23.1 Å². The van der Waals surface area contributed by atoms with Crippen LogP contribution >= 0.6 is 0 Å². The van der Waals surface area contributed by atoms with E-state index in [1.54, 1.807) is 37.5 Å². The van der Waals surface area contributed by atoms with Crippen LogP contribution in [0.5, 0.6) is 17.2 Å². The number of imidazole rings is 1. The molecule has 5 rings (SSSR count). The van der Waals surface area contributed by atoms with Crippen molar-refractivity contribution in [3.63, 3.8) is 0 Å². The highest BCUT2D eigenvalue weighted by molar-refractivity contribution is 5.85. The zero-order valence-corrected chi connectivity index (χ0v) is 24.8. The molecule has 43 heavy (non-hydrogen) atoms. The number of hydrogen-bond acceptors (Lipinski definition) is 8. The third-order valence-electron chi connectivity index (χ3n) is 6.16. The minimum atomic E-state index is -0.787. The number of benzene rings is 2. The first kappa shape index (κ1) is 30.9. The molecule has 2 aromatic carbocycles. The maximum absolute atomic E-state index is 14.2. The Balaban J connectivity index is 0.000000541. The van der Waals surface area contributed by atoms with Crippen LogP contribution in [0.2, 0.25) is 0 Å². The molecule has 10 nitrogen and oxygen atoms in total. The number of pyridine rings is 1.